The molecule has 14 heavy (non-hydrogen) atoms. The van der Waals surface area contributed by atoms with Gasteiger partial charge >= 0.3 is 0 Å². The predicted molar refractivity (Wildman–Crippen MR) is 49.6 cm³/mol. The highest BCUT2D eigenvalue weighted by Crippen LogP contribution is 2.20. The van der Waals surface area contributed by atoms with Crippen molar-refractivity contribution >= 4 is 17.4 Å². The van der Waals surface area contributed by atoms with E-state index >= 15 is 0 Å². The summed E-state index contributed by atoms with van der Waals surface area (Å²) in [5, 5.41) is 10.1. The lowest BCUT2D eigenvalue weighted by Gasteiger charge is -2.21. The summed E-state index contributed by atoms with van der Waals surface area (Å²) in [7, 11) is 0. The number of nitrogens with zero attached hydrogens (tertiary/aromatic N) is 2. The lowest BCUT2D eigenvalue weighted by atomic mass is 9.94. The summed E-state index contributed by atoms with van der Waals surface area (Å²) in [6.45, 7) is 0. The Morgan fingerprint density at radius 2 is 2.36 bits per heavy atom. The number of Topliss-reactive ketones (excluding diaryl/α,β-unsaturated/α-hetero) is 1. The molecule has 1 atom stereocenters. The zero-order valence-electron chi connectivity index (χ0n) is 7.69. The first kappa shape index (κ1) is 8.98. The highest BCUT2D eigenvalue weighted by atomic mass is 16.6. The second-order valence-electron chi connectivity index (χ2n) is 3.47. The molecule has 1 saturated carbocycles. The Kier molecular flexibility index (Phi) is 2.34. The smallest absolute Gasteiger partial charge is 0.215 e. The summed E-state index contributed by atoms with van der Waals surface area (Å²) in [5.74, 6) is 0.955. The van der Waals surface area contributed by atoms with E-state index in [2.05, 4.69) is 20.3 Å². The van der Waals surface area contributed by atoms with Gasteiger partial charge in [0.05, 0.1) is 0 Å². The van der Waals surface area contributed by atoms with Gasteiger partial charge in [-0.2, -0.15) is 0 Å². The highest BCUT2D eigenvalue weighted by Gasteiger charge is 2.21. The molecule has 0 spiro atoms. The molecule has 1 aromatic rings. The van der Waals surface area contributed by atoms with Gasteiger partial charge in [0.1, 0.15) is 5.78 Å². The first-order valence-electron chi connectivity index (χ1n) is 4.62. The molecular weight excluding hydrogens is 184 g/mol. The molecule has 1 aliphatic carbocycles. The van der Waals surface area contributed by atoms with Crippen molar-refractivity contribution in [2.45, 2.75) is 31.7 Å². The topological polar surface area (TPSA) is 94.0 Å². The molecular formula is C8H12N4O2. The number of hydrogen-bond donors (Lipinski definition) is 2. The van der Waals surface area contributed by atoms with Crippen molar-refractivity contribution in [3.05, 3.63) is 0 Å². The largest absolute Gasteiger partial charge is 0.378 e. The fourth-order valence-electron chi connectivity index (χ4n) is 1.64. The molecule has 6 nitrogen and oxygen atoms in total. The van der Waals surface area contributed by atoms with Crippen LogP contribution in [0.1, 0.15) is 25.7 Å². The lowest BCUT2D eigenvalue weighted by molar-refractivity contribution is -0.120. The van der Waals surface area contributed by atoms with Gasteiger partial charge in [-0.25, -0.2) is 4.63 Å². The maximum atomic E-state index is 11.2. The predicted octanol–water partition coefficient (Wildman–Crippen LogP) is 0.575. The fourth-order valence-corrected chi connectivity index (χ4v) is 1.64. The van der Waals surface area contributed by atoms with Crippen molar-refractivity contribution in [2.24, 2.45) is 0 Å². The van der Waals surface area contributed by atoms with Crippen molar-refractivity contribution in [3.63, 3.8) is 0 Å². The van der Waals surface area contributed by atoms with Gasteiger partial charge in [0.15, 0.2) is 0 Å². The number of rotatable bonds is 2. The molecule has 0 saturated heterocycles. The molecule has 6 heteroatoms. The minimum Gasteiger partial charge on any atom is -0.378 e. The van der Waals surface area contributed by atoms with Crippen LogP contribution in [0.2, 0.25) is 0 Å². The van der Waals surface area contributed by atoms with E-state index in [4.69, 9.17) is 5.73 Å². The number of nitrogens with one attached hydrogen (secondary N) is 1. The van der Waals surface area contributed by atoms with Gasteiger partial charge in [0.25, 0.3) is 0 Å². The van der Waals surface area contributed by atoms with Gasteiger partial charge in [-0.1, -0.05) is 0 Å². The van der Waals surface area contributed by atoms with Crippen LogP contribution >= 0.6 is 0 Å². The van der Waals surface area contributed by atoms with E-state index < -0.39 is 0 Å². The highest BCUT2D eigenvalue weighted by molar-refractivity contribution is 5.80. The third-order valence-corrected chi connectivity index (χ3v) is 2.34. The molecule has 0 bridgehead atoms. The number of nitrogens with two attached hydrogens (primary N) is 1. The summed E-state index contributed by atoms with van der Waals surface area (Å²) in [6, 6.07) is 0.116. The Bertz CT molecular complexity index is 336. The normalized spacial score (nSPS) is 22.3. The van der Waals surface area contributed by atoms with Crippen molar-refractivity contribution in [3.8, 4) is 0 Å². The van der Waals surface area contributed by atoms with Crippen LogP contribution in [0.25, 0.3) is 0 Å². The molecule has 1 heterocycles. The zero-order chi connectivity index (χ0) is 9.97. The summed E-state index contributed by atoms with van der Waals surface area (Å²) in [5.41, 5.74) is 5.48. The zero-order valence-corrected chi connectivity index (χ0v) is 7.69. The number of ketones is 1. The van der Waals surface area contributed by atoms with Gasteiger partial charge in [0.2, 0.25) is 11.6 Å². The van der Waals surface area contributed by atoms with Gasteiger partial charge in [-0.3, -0.25) is 4.79 Å². The minimum atomic E-state index is 0.116. The quantitative estimate of drug-likeness (QED) is 0.718. The second-order valence-corrected chi connectivity index (χ2v) is 3.47. The summed E-state index contributed by atoms with van der Waals surface area (Å²) >= 11 is 0. The van der Waals surface area contributed by atoms with E-state index in [1.807, 2.05) is 0 Å². The summed E-state index contributed by atoms with van der Waals surface area (Å²) < 4.78 is 4.44. The second kappa shape index (κ2) is 3.65. The van der Waals surface area contributed by atoms with Crippen molar-refractivity contribution < 1.29 is 9.42 Å². The van der Waals surface area contributed by atoms with E-state index in [1.54, 1.807) is 0 Å². The Morgan fingerprint density at radius 3 is 3.00 bits per heavy atom. The van der Waals surface area contributed by atoms with Crippen LogP contribution in [-0.2, 0) is 4.79 Å². The summed E-state index contributed by atoms with van der Waals surface area (Å²) in [6.07, 6.45) is 3.09. The lowest BCUT2D eigenvalue weighted by Crippen LogP contribution is -2.27. The Labute approximate surface area is 80.8 Å². The Balaban J connectivity index is 1.97. The van der Waals surface area contributed by atoms with Crippen LogP contribution in [0.15, 0.2) is 4.63 Å². The van der Waals surface area contributed by atoms with E-state index in [-0.39, 0.29) is 17.6 Å². The average molecular weight is 196 g/mol. The Hall–Kier alpha value is -1.59. The van der Waals surface area contributed by atoms with Crippen molar-refractivity contribution in [2.75, 3.05) is 11.1 Å². The third-order valence-electron chi connectivity index (χ3n) is 2.34. The number of aromatic nitrogens is 2. The average Bonchev–Trinajstić information content (AvgIpc) is 2.52. The molecule has 0 aliphatic heterocycles. The van der Waals surface area contributed by atoms with Crippen LogP contribution in [-0.4, -0.2) is 22.1 Å². The van der Waals surface area contributed by atoms with Crippen LogP contribution in [0, 0.1) is 0 Å². The molecule has 0 amide bonds. The molecule has 1 fully saturated rings. The van der Waals surface area contributed by atoms with Crippen molar-refractivity contribution in [1.82, 2.24) is 10.3 Å². The molecule has 0 aromatic carbocycles. The third kappa shape index (κ3) is 1.84. The van der Waals surface area contributed by atoms with E-state index in [1.165, 1.54) is 0 Å². The first-order chi connectivity index (χ1) is 6.75. The van der Waals surface area contributed by atoms with Gasteiger partial charge in [-0.05, 0) is 23.2 Å². The number of carbonyl (C=O) groups excluding carboxylic acids is 1. The number of carbonyl (C=O) groups is 1. The van der Waals surface area contributed by atoms with Crippen LogP contribution in [0.5, 0.6) is 0 Å². The molecule has 0 unspecified atom stereocenters. The van der Waals surface area contributed by atoms with E-state index in [9.17, 15) is 4.79 Å². The SMILES string of the molecule is Nc1nonc1N[C@@H]1CCCC(=O)C1. The van der Waals surface area contributed by atoms with Gasteiger partial charge in [0, 0.05) is 18.9 Å². The van der Waals surface area contributed by atoms with Crippen molar-refractivity contribution in [1.29, 1.82) is 0 Å². The molecule has 2 rings (SSSR count). The molecule has 0 radical (unpaired) electrons. The monoisotopic (exact) mass is 196 g/mol. The van der Waals surface area contributed by atoms with Gasteiger partial charge < -0.3 is 11.1 Å². The number of anilines is 2. The minimum absolute atomic E-state index is 0.116. The molecule has 3 N–H and O–H groups in total. The van der Waals surface area contributed by atoms with Crippen LogP contribution in [0.4, 0.5) is 11.6 Å². The first-order valence-corrected chi connectivity index (χ1v) is 4.62. The van der Waals surface area contributed by atoms with E-state index in [0.29, 0.717) is 18.7 Å². The molecule has 76 valence electrons. The number of nitrogen functional groups attached to an aromatic ring is 1. The molecule has 1 aromatic heterocycles. The van der Waals surface area contributed by atoms with Gasteiger partial charge in [-0.15, -0.1) is 0 Å². The fraction of sp³-hybridized carbons (Fsp3) is 0.625. The van der Waals surface area contributed by atoms with Crippen LogP contribution in [0.3, 0.4) is 0 Å². The standard InChI is InChI=1S/C8H12N4O2/c9-7-8(12-14-11-7)10-5-2-1-3-6(13)4-5/h5H,1-4H2,(H2,9,11)(H,10,12)/t5-/m1/s1. The van der Waals surface area contributed by atoms with E-state index in [0.717, 1.165) is 12.8 Å². The summed E-state index contributed by atoms with van der Waals surface area (Å²) in [4.78, 5) is 11.2. The van der Waals surface area contributed by atoms with Crippen LogP contribution < -0.4 is 11.1 Å². The maximum Gasteiger partial charge on any atom is 0.215 e. The molecule has 1 aliphatic rings. The maximum absolute atomic E-state index is 11.2. The number of hydrogen-bond acceptors (Lipinski definition) is 6. The Morgan fingerprint density at radius 1 is 1.50 bits per heavy atom.